The van der Waals surface area contributed by atoms with Gasteiger partial charge in [0.1, 0.15) is 11.5 Å². The summed E-state index contributed by atoms with van der Waals surface area (Å²) in [4.78, 5) is 0. The van der Waals surface area contributed by atoms with Crippen LogP contribution in [0.4, 0.5) is 4.39 Å². The van der Waals surface area contributed by atoms with Crippen LogP contribution in [0.2, 0.25) is 0 Å². The molecule has 0 aliphatic carbocycles. The molecule has 2 rings (SSSR count). The summed E-state index contributed by atoms with van der Waals surface area (Å²) in [5, 5.41) is 11.1. The van der Waals surface area contributed by atoms with Crippen LogP contribution in [0.15, 0.2) is 22.7 Å². The van der Waals surface area contributed by atoms with Gasteiger partial charge in [0.25, 0.3) is 0 Å². The third-order valence-corrected chi connectivity index (χ3v) is 2.48. The van der Waals surface area contributed by atoms with Crippen LogP contribution in [0, 0.1) is 5.82 Å². The molecule has 1 heterocycles. The number of hydrogen-bond donors (Lipinski definition) is 0. The molecule has 0 saturated heterocycles. The molecule has 0 atom stereocenters. The van der Waals surface area contributed by atoms with E-state index in [-0.39, 0.29) is 5.82 Å². The van der Waals surface area contributed by atoms with Crippen molar-refractivity contribution in [2.24, 2.45) is 0 Å². The zero-order chi connectivity index (χ0) is 10.8. The topological polar surface area (TPSA) is 43.6 Å². The number of nitrogens with zero attached hydrogens (tertiary/aromatic N) is 4. The van der Waals surface area contributed by atoms with Gasteiger partial charge in [-0.3, -0.25) is 0 Å². The van der Waals surface area contributed by atoms with Crippen molar-refractivity contribution in [2.45, 2.75) is 13.3 Å². The summed E-state index contributed by atoms with van der Waals surface area (Å²) in [6.07, 6.45) is 0.655. The number of aryl methyl sites for hydroxylation is 1. The van der Waals surface area contributed by atoms with Crippen LogP contribution < -0.4 is 0 Å². The summed E-state index contributed by atoms with van der Waals surface area (Å²) >= 11 is 3.19. The van der Waals surface area contributed by atoms with E-state index in [1.54, 1.807) is 12.1 Å². The van der Waals surface area contributed by atoms with Crippen molar-refractivity contribution in [3.05, 3.63) is 34.3 Å². The highest BCUT2D eigenvalue weighted by Gasteiger charge is 2.10. The molecule has 1 aromatic carbocycles. The lowest BCUT2D eigenvalue weighted by molar-refractivity contribution is 0.602. The summed E-state index contributed by atoms with van der Waals surface area (Å²) in [7, 11) is 0. The lowest BCUT2D eigenvalue weighted by Crippen LogP contribution is -2.04. The van der Waals surface area contributed by atoms with Gasteiger partial charge >= 0.3 is 0 Å². The molecule has 0 spiro atoms. The molecule has 15 heavy (non-hydrogen) atoms. The maximum Gasteiger partial charge on any atom is 0.156 e. The van der Waals surface area contributed by atoms with Crippen LogP contribution in [0.1, 0.15) is 12.7 Å². The molecule has 0 aliphatic heterocycles. The quantitative estimate of drug-likeness (QED) is 0.840. The third-order valence-electron chi connectivity index (χ3n) is 1.99. The van der Waals surface area contributed by atoms with Crippen LogP contribution in [0.25, 0.3) is 5.69 Å². The monoisotopic (exact) mass is 270 g/mol. The van der Waals surface area contributed by atoms with E-state index in [1.807, 2.05) is 6.92 Å². The van der Waals surface area contributed by atoms with Crippen LogP contribution in [0.5, 0.6) is 0 Å². The van der Waals surface area contributed by atoms with Crippen LogP contribution in [-0.2, 0) is 6.42 Å². The van der Waals surface area contributed by atoms with Crippen LogP contribution in [0.3, 0.4) is 0 Å². The van der Waals surface area contributed by atoms with Gasteiger partial charge in [-0.1, -0.05) is 22.9 Å². The molecule has 0 unspecified atom stereocenters. The van der Waals surface area contributed by atoms with Crippen molar-refractivity contribution in [3.8, 4) is 5.69 Å². The Balaban J connectivity index is 2.54. The van der Waals surface area contributed by atoms with Gasteiger partial charge in [0.05, 0.1) is 0 Å². The van der Waals surface area contributed by atoms with E-state index in [0.29, 0.717) is 22.4 Å². The van der Waals surface area contributed by atoms with Gasteiger partial charge in [0.2, 0.25) is 0 Å². The van der Waals surface area contributed by atoms with Crippen molar-refractivity contribution in [1.82, 2.24) is 20.2 Å². The second-order valence-electron chi connectivity index (χ2n) is 2.96. The maximum atomic E-state index is 13.6. The second-order valence-corrected chi connectivity index (χ2v) is 3.87. The van der Waals surface area contributed by atoms with Crippen molar-refractivity contribution >= 4 is 15.9 Å². The van der Waals surface area contributed by atoms with Crippen molar-refractivity contribution in [3.63, 3.8) is 0 Å². The number of hydrogen-bond acceptors (Lipinski definition) is 3. The van der Waals surface area contributed by atoms with Crippen molar-refractivity contribution in [2.75, 3.05) is 0 Å². The number of tetrazole rings is 1. The Hall–Kier alpha value is -1.30. The average molecular weight is 271 g/mol. The minimum absolute atomic E-state index is 0.355. The Morgan fingerprint density at radius 3 is 2.93 bits per heavy atom. The van der Waals surface area contributed by atoms with E-state index in [2.05, 4.69) is 31.5 Å². The standard InChI is InChI=1S/C9H8BrFN4/c1-2-9-12-13-14-15(9)8-4-3-6(10)5-7(8)11/h3-5H,2H2,1H3. The Morgan fingerprint density at radius 2 is 2.27 bits per heavy atom. The smallest absolute Gasteiger partial charge is 0.156 e. The molecule has 0 radical (unpaired) electrons. The van der Waals surface area contributed by atoms with Gasteiger partial charge in [0, 0.05) is 10.9 Å². The van der Waals surface area contributed by atoms with Crippen LogP contribution in [-0.4, -0.2) is 20.2 Å². The summed E-state index contributed by atoms with van der Waals surface area (Å²) < 4.78 is 15.7. The van der Waals surface area contributed by atoms with E-state index >= 15 is 0 Å². The van der Waals surface area contributed by atoms with Gasteiger partial charge in [-0.2, -0.15) is 4.68 Å². The molecular formula is C9H8BrFN4. The normalized spacial score (nSPS) is 10.6. The highest BCUT2D eigenvalue weighted by molar-refractivity contribution is 9.10. The van der Waals surface area contributed by atoms with Gasteiger partial charge in [-0.05, 0) is 28.6 Å². The number of rotatable bonds is 2. The fraction of sp³-hybridized carbons (Fsp3) is 0.222. The summed E-state index contributed by atoms with van der Waals surface area (Å²) in [5.41, 5.74) is 0.361. The first-order chi connectivity index (χ1) is 7.22. The lowest BCUT2D eigenvalue weighted by atomic mass is 10.3. The number of benzene rings is 1. The zero-order valence-corrected chi connectivity index (χ0v) is 9.57. The van der Waals surface area contributed by atoms with Crippen molar-refractivity contribution in [1.29, 1.82) is 0 Å². The maximum absolute atomic E-state index is 13.6. The molecule has 0 N–H and O–H groups in total. The predicted octanol–water partition coefficient (Wildman–Crippen LogP) is 2.13. The largest absolute Gasteiger partial charge is 0.205 e. The first kappa shape index (κ1) is 10.2. The first-order valence-electron chi connectivity index (χ1n) is 4.45. The highest BCUT2D eigenvalue weighted by atomic mass is 79.9. The van der Waals surface area contributed by atoms with E-state index < -0.39 is 0 Å². The molecule has 6 heteroatoms. The first-order valence-corrected chi connectivity index (χ1v) is 5.24. The van der Waals surface area contributed by atoms with E-state index in [9.17, 15) is 4.39 Å². The predicted molar refractivity (Wildman–Crippen MR) is 56.2 cm³/mol. The molecule has 0 saturated carbocycles. The van der Waals surface area contributed by atoms with Gasteiger partial charge in [-0.15, -0.1) is 5.10 Å². The molecule has 0 amide bonds. The van der Waals surface area contributed by atoms with Gasteiger partial charge in [-0.25, -0.2) is 4.39 Å². The Bertz CT molecular complexity index is 483. The molecule has 78 valence electrons. The minimum Gasteiger partial charge on any atom is -0.205 e. The number of aromatic nitrogens is 4. The fourth-order valence-corrected chi connectivity index (χ4v) is 1.60. The average Bonchev–Trinajstić information content (AvgIpc) is 2.65. The van der Waals surface area contributed by atoms with E-state index in [0.717, 1.165) is 0 Å². The summed E-state index contributed by atoms with van der Waals surface area (Å²) in [5.74, 6) is 0.280. The van der Waals surface area contributed by atoms with E-state index in [1.165, 1.54) is 10.7 Å². The molecule has 0 aliphatic rings. The zero-order valence-electron chi connectivity index (χ0n) is 7.98. The molecular weight excluding hydrogens is 263 g/mol. The van der Waals surface area contributed by atoms with Crippen molar-refractivity contribution < 1.29 is 4.39 Å². The summed E-state index contributed by atoms with van der Waals surface area (Å²) in [6, 6.07) is 4.77. The highest BCUT2D eigenvalue weighted by Crippen LogP contribution is 2.18. The number of halogens is 2. The molecule has 0 fully saturated rings. The molecule has 2 aromatic rings. The SMILES string of the molecule is CCc1nnnn1-c1ccc(Br)cc1F. The molecule has 1 aromatic heterocycles. The Morgan fingerprint density at radius 1 is 1.47 bits per heavy atom. The Labute approximate surface area is 94.2 Å². The second kappa shape index (κ2) is 4.06. The van der Waals surface area contributed by atoms with Crippen LogP contribution >= 0.6 is 15.9 Å². The third kappa shape index (κ3) is 1.90. The van der Waals surface area contributed by atoms with Gasteiger partial charge in [0.15, 0.2) is 5.82 Å². The lowest BCUT2D eigenvalue weighted by Gasteiger charge is -2.04. The van der Waals surface area contributed by atoms with E-state index in [4.69, 9.17) is 0 Å². The fourth-order valence-electron chi connectivity index (χ4n) is 1.27. The molecule has 4 nitrogen and oxygen atoms in total. The Kier molecular flexibility index (Phi) is 2.77. The van der Waals surface area contributed by atoms with Gasteiger partial charge < -0.3 is 0 Å². The molecule has 0 bridgehead atoms. The summed E-state index contributed by atoms with van der Waals surface area (Å²) in [6.45, 7) is 1.92. The minimum atomic E-state index is -0.355.